The Bertz CT molecular complexity index is 516. The molecule has 0 atom stereocenters. The minimum Gasteiger partial charge on any atom is -0.325 e. The van der Waals surface area contributed by atoms with E-state index in [1.807, 2.05) is 0 Å². The van der Waals surface area contributed by atoms with E-state index >= 15 is 0 Å². The zero-order valence-corrected chi connectivity index (χ0v) is 14.5. The fourth-order valence-corrected chi connectivity index (χ4v) is 3.40. The molecule has 1 aromatic rings. The molecule has 2 rings (SSSR count). The second kappa shape index (κ2) is 6.47. The Labute approximate surface area is 134 Å². The van der Waals surface area contributed by atoms with Crippen molar-refractivity contribution in [2.24, 2.45) is 17.3 Å². The number of nitrogens with one attached hydrogen (secondary N) is 1. The van der Waals surface area contributed by atoms with Crippen LogP contribution in [0.2, 0.25) is 0 Å². The van der Waals surface area contributed by atoms with Crippen molar-refractivity contribution in [3.8, 4) is 0 Å². The largest absolute Gasteiger partial charge is 0.325 e. The molecule has 0 aliphatic heterocycles. The molecular weight excluding hydrogens is 333 g/mol. The molecule has 21 heavy (non-hydrogen) atoms. The van der Waals surface area contributed by atoms with E-state index in [9.17, 15) is 9.18 Å². The maximum atomic E-state index is 13.3. The van der Waals surface area contributed by atoms with E-state index in [-0.39, 0.29) is 17.6 Å². The highest BCUT2D eigenvalue weighted by Gasteiger charge is 2.32. The molecule has 0 radical (unpaired) electrons. The monoisotopic (exact) mass is 355 g/mol. The van der Waals surface area contributed by atoms with Gasteiger partial charge in [0.05, 0.1) is 5.69 Å². The molecule has 0 spiro atoms. The lowest BCUT2D eigenvalue weighted by atomic mass is 9.69. The Morgan fingerprint density at radius 1 is 1.24 bits per heavy atom. The van der Waals surface area contributed by atoms with E-state index in [0.717, 1.165) is 25.7 Å². The van der Waals surface area contributed by atoms with Crippen LogP contribution in [-0.2, 0) is 4.79 Å². The van der Waals surface area contributed by atoms with Gasteiger partial charge in [-0.05, 0) is 71.1 Å². The summed E-state index contributed by atoms with van der Waals surface area (Å²) in [5.74, 6) is 0.389. The smallest absolute Gasteiger partial charge is 0.227 e. The fraction of sp³-hybridized carbons (Fsp3) is 0.588. The molecular formula is C17H23BrFNO. The van der Waals surface area contributed by atoms with Crippen molar-refractivity contribution in [1.82, 2.24) is 0 Å². The molecule has 1 fully saturated rings. The Kier molecular flexibility index (Phi) is 5.07. The van der Waals surface area contributed by atoms with Gasteiger partial charge in [0, 0.05) is 10.4 Å². The quantitative estimate of drug-likeness (QED) is 0.757. The van der Waals surface area contributed by atoms with Crippen LogP contribution in [0.4, 0.5) is 10.1 Å². The minimum atomic E-state index is -0.343. The van der Waals surface area contributed by atoms with Gasteiger partial charge in [-0.3, -0.25) is 4.79 Å². The molecule has 0 bridgehead atoms. The average Bonchev–Trinajstić information content (AvgIpc) is 2.42. The number of hydrogen-bond donors (Lipinski definition) is 1. The summed E-state index contributed by atoms with van der Waals surface area (Å²) in [6.45, 7) is 6.80. The van der Waals surface area contributed by atoms with Crippen molar-refractivity contribution in [1.29, 1.82) is 0 Å². The van der Waals surface area contributed by atoms with Gasteiger partial charge in [-0.2, -0.15) is 0 Å². The van der Waals surface area contributed by atoms with E-state index in [1.54, 1.807) is 6.07 Å². The second-order valence-electron chi connectivity index (χ2n) is 7.03. The predicted octanol–water partition coefficient (Wildman–Crippen LogP) is 5.38. The van der Waals surface area contributed by atoms with Crippen molar-refractivity contribution in [3.05, 3.63) is 28.5 Å². The van der Waals surface area contributed by atoms with Gasteiger partial charge in [0.15, 0.2) is 0 Å². The standard InChI is InChI=1S/C17H23BrFNO/c1-17(2,3)12-6-4-11(5-7-12)16(21)20-15-10-13(19)8-9-14(15)18/h8-12H,4-7H2,1-3H3,(H,20,21). The van der Waals surface area contributed by atoms with Crippen LogP contribution in [0.1, 0.15) is 46.5 Å². The molecule has 0 unspecified atom stereocenters. The Hall–Kier alpha value is -0.900. The van der Waals surface area contributed by atoms with Crippen LogP contribution in [0, 0.1) is 23.1 Å². The molecule has 4 heteroatoms. The summed E-state index contributed by atoms with van der Waals surface area (Å²) < 4.78 is 14.0. The molecule has 2 nitrogen and oxygen atoms in total. The van der Waals surface area contributed by atoms with Crippen molar-refractivity contribution < 1.29 is 9.18 Å². The van der Waals surface area contributed by atoms with Gasteiger partial charge in [0.2, 0.25) is 5.91 Å². The second-order valence-corrected chi connectivity index (χ2v) is 7.88. The minimum absolute atomic E-state index is 0.00802. The Balaban J connectivity index is 1.95. The number of carbonyl (C=O) groups excluding carboxylic acids is 1. The highest BCUT2D eigenvalue weighted by atomic mass is 79.9. The van der Waals surface area contributed by atoms with E-state index in [2.05, 4.69) is 42.0 Å². The molecule has 0 heterocycles. The lowest BCUT2D eigenvalue weighted by molar-refractivity contribution is -0.121. The highest BCUT2D eigenvalue weighted by molar-refractivity contribution is 9.10. The molecule has 1 aliphatic rings. The molecule has 1 saturated carbocycles. The molecule has 0 aromatic heterocycles. The summed E-state index contributed by atoms with van der Waals surface area (Å²) >= 11 is 3.34. The van der Waals surface area contributed by atoms with Gasteiger partial charge in [-0.15, -0.1) is 0 Å². The maximum Gasteiger partial charge on any atom is 0.227 e. The maximum absolute atomic E-state index is 13.3. The third-order valence-electron chi connectivity index (χ3n) is 4.51. The van der Waals surface area contributed by atoms with Gasteiger partial charge in [-0.25, -0.2) is 4.39 Å². The predicted molar refractivity (Wildman–Crippen MR) is 87.6 cm³/mol. The first-order chi connectivity index (χ1) is 9.77. The SMILES string of the molecule is CC(C)(C)C1CCC(C(=O)Nc2cc(F)ccc2Br)CC1. The van der Waals surface area contributed by atoms with Gasteiger partial charge >= 0.3 is 0 Å². The molecule has 116 valence electrons. The third-order valence-corrected chi connectivity index (χ3v) is 5.20. The van der Waals surface area contributed by atoms with E-state index in [1.165, 1.54) is 12.1 Å². The van der Waals surface area contributed by atoms with E-state index < -0.39 is 0 Å². The third kappa shape index (κ3) is 4.29. The highest BCUT2D eigenvalue weighted by Crippen LogP contribution is 2.40. The fourth-order valence-electron chi connectivity index (χ4n) is 3.05. The normalized spacial score (nSPS) is 22.9. The van der Waals surface area contributed by atoms with Crippen molar-refractivity contribution in [3.63, 3.8) is 0 Å². The Morgan fingerprint density at radius 2 is 1.86 bits per heavy atom. The number of anilines is 1. The van der Waals surface area contributed by atoms with Crippen LogP contribution in [0.25, 0.3) is 0 Å². The van der Waals surface area contributed by atoms with Crippen molar-refractivity contribution >= 4 is 27.5 Å². The first-order valence-electron chi connectivity index (χ1n) is 7.53. The number of benzene rings is 1. The van der Waals surface area contributed by atoms with E-state index in [0.29, 0.717) is 21.5 Å². The number of amides is 1. The lowest BCUT2D eigenvalue weighted by Gasteiger charge is -2.36. The van der Waals surface area contributed by atoms with Gasteiger partial charge in [0.25, 0.3) is 0 Å². The zero-order chi connectivity index (χ0) is 15.6. The number of carbonyl (C=O) groups is 1. The Morgan fingerprint density at radius 3 is 2.43 bits per heavy atom. The summed E-state index contributed by atoms with van der Waals surface area (Å²) in [7, 11) is 0. The molecule has 1 aromatic carbocycles. The van der Waals surface area contributed by atoms with Gasteiger partial charge < -0.3 is 5.32 Å². The van der Waals surface area contributed by atoms with Crippen LogP contribution < -0.4 is 5.32 Å². The number of hydrogen-bond acceptors (Lipinski definition) is 1. The zero-order valence-electron chi connectivity index (χ0n) is 12.9. The summed E-state index contributed by atoms with van der Waals surface area (Å²) in [5.41, 5.74) is 0.825. The first-order valence-corrected chi connectivity index (χ1v) is 8.32. The van der Waals surface area contributed by atoms with Crippen molar-refractivity contribution in [2.45, 2.75) is 46.5 Å². The molecule has 1 amide bonds. The average molecular weight is 356 g/mol. The van der Waals surface area contributed by atoms with Crippen LogP contribution >= 0.6 is 15.9 Å². The van der Waals surface area contributed by atoms with Gasteiger partial charge in [-0.1, -0.05) is 20.8 Å². The number of rotatable bonds is 2. The van der Waals surface area contributed by atoms with Crippen molar-refractivity contribution in [2.75, 3.05) is 5.32 Å². The molecule has 1 N–H and O–H groups in total. The molecule has 1 aliphatic carbocycles. The van der Waals surface area contributed by atoms with Crippen LogP contribution in [0.3, 0.4) is 0 Å². The summed E-state index contributed by atoms with van der Waals surface area (Å²) in [6.07, 6.45) is 4.01. The molecule has 0 saturated heterocycles. The number of halogens is 2. The van der Waals surface area contributed by atoms with Crippen LogP contribution in [0.15, 0.2) is 22.7 Å². The summed E-state index contributed by atoms with van der Waals surface area (Å²) in [6, 6.07) is 4.33. The van der Waals surface area contributed by atoms with Crippen LogP contribution in [-0.4, -0.2) is 5.91 Å². The van der Waals surface area contributed by atoms with E-state index in [4.69, 9.17) is 0 Å². The topological polar surface area (TPSA) is 29.1 Å². The summed E-state index contributed by atoms with van der Waals surface area (Å²) in [5, 5.41) is 2.85. The lowest BCUT2D eigenvalue weighted by Crippen LogP contribution is -2.31. The van der Waals surface area contributed by atoms with Gasteiger partial charge in [0.1, 0.15) is 5.82 Å². The summed E-state index contributed by atoms with van der Waals surface area (Å²) in [4.78, 5) is 12.3. The first kappa shape index (κ1) is 16.5. The van der Waals surface area contributed by atoms with Crippen LogP contribution in [0.5, 0.6) is 0 Å².